The number of hydrogen-bond acceptors (Lipinski definition) is 5. The summed E-state index contributed by atoms with van der Waals surface area (Å²) in [6.07, 6.45) is 4.07. The smallest absolute Gasteiger partial charge is 0.255 e. The van der Waals surface area contributed by atoms with Crippen LogP contribution in [0.15, 0.2) is 36.7 Å². The van der Waals surface area contributed by atoms with Gasteiger partial charge < -0.3 is 10.1 Å². The highest BCUT2D eigenvalue weighted by Crippen LogP contribution is 2.25. The van der Waals surface area contributed by atoms with Crippen molar-refractivity contribution in [2.75, 3.05) is 13.2 Å². The van der Waals surface area contributed by atoms with Crippen molar-refractivity contribution in [3.05, 3.63) is 59.3 Å². The van der Waals surface area contributed by atoms with Gasteiger partial charge in [-0.3, -0.25) is 4.79 Å². The van der Waals surface area contributed by atoms with E-state index in [9.17, 15) is 9.18 Å². The van der Waals surface area contributed by atoms with Crippen LogP contribution >= 0.6 is 0 Å². The average molecular weight is 409 g/mol. The molecule has 3 aromatic rings. The van der Waals surface area contributed by atoms with Crippen molar-refractivity contribution in [1.82, 2.24) is 25.1 Å². The lowest BCUT2D eigenvalue weighted by molar-refractivity contribution is 0.0928. The lowest BCUT2D eigenvalue weighted by atomic mass is 10.0. The van der Waals surface area contributed by atoms with E-state index in [4.69, 9.17) is 4.74 Å². The summed E-state index contributed by atoms with van der Waals surface area (Å²) in [6.45, 7) is 7.08. The average Bonchev–Trinajstić information content (AvgIpc) is 3.39. The number of amides is 1. The number of rotatable bonds is 5. The number of benzene rings is 1. The van der Waals surface area contributed by atoms with Crippen molar-refractivity contribution >= 4 is 5.91 Å². The largest absolute Gasteiger partial charge is 0.379 e. The third-order valence-electron chi connectivity index (χ3n) is 5.13. The summed E-state index contributed by atoms with van der Waals surface area (Å²) < 4.78 is 20.3. The van der Waals surface area contributed by atoms with Gasteiger partial charge in [-0.2, -0.15) is 5.10 Å². The van der Waals surface area contributed by atoms with Gasteiger partial charge in [-0.15, -0.1) is 0 Å². The molecule has 1 aromatic carbocycles. The predicted molar refractivity (Wildman–Crippen MR) is 110 cm³/mol. The SMILES string of the molecule is Cc1cnc(-n2ncc(C(=O)N[C@H]3CCOC3)c2C(C)C)nc1-c1ccc(F)cc1. The summed E-state index contributed by atoms with van der Waals surface area (Å²) in [5.41, 5.74) is 3.59. The first-order valence-electron chi connectivity index (χ1n) is 10.0. The summed E-state index contributed by atoms with van der Waals surface area (Å²) in [6, 6.07) is 6.19. The Hall–Kier alpha value is -3.13. The topological polar surface area (TPSA) is 81.9 Å². The first kappa shape index (κ1) is 20.2. The molecule has 0 spiro atoms. The molecule has 2 aromatic heterocycles. The van der Waals surface area contributed by atoms with E-state index >= 15 is 0 Å². The number of carbonyl (C=O) groups excluding carboxylic acids is 1. The molecule has 1 aliphatic heterocycles. The van der Waals surface area contributed by atoms with E-state index in [0.29, 0.717) is 30.4 Å². The molecule has 30 heavy (non-hydrogen) atoms. The highest BCUT2D eigenvalue weighted by Gasteiger charge is 2.25. The number of aromatic nitrogens is 4. The highest BCUT2D eigenvalue weighted by molar-refractivity contribution is 5.95. The van der Waals surface area contributed by atoms with Gasteiger partial charge in [0.25, 0.3) is 11.9 Å². The van der Waals surface area contributed by atoms with Crippen LogP contribution in [0.5, 0.6) is 0 Å². The maximum absolute atomic E-state index is 13.3. The zero-order valence-corrected chi connectivity index (χ0v) is 17.2. The molecular weight excluding hydrogens is 385 g/mol. The van der Waals surface area contributed by atoms with E-state index in [2.05, 4.69) is 20.4 Å². The van der Waals surface area contributed by atoms with Crippen molar-refractivity contribution < 1.29 is 13.9 Å². The minimum absolute atomic E-state index is 0.0153. The Labute approximate surface area is 174 Å². The Balaban J connectivity index is 1.72. The van der Waals surface area contributed by atoms with Gasteiger partial charge in [-0.1, -0.05) is 13.8 Å². The van der Waals surface area contributed by atoms with Gasteiger partial charge in [0.05, 0.1) is 35.8 Å². The van der Waals surface area contributed by atoms with Gasteiger partial charge >= 0.3 is 0 Å². The van der Waals surface area contributed by atoms with Crippen molar-refractivity contribution in [3.63, 3.8) is 0 Å². The van der Waals surface area contributed by atoms with Crippen LogP contribution in [0.2, 0.25) is 0 Å². The Morgan fingerprint density at radius 2 is 2.03 bits per heavy atom. The Morgan fingerprint density at radius 3 is 2.70 bits per heavy atom. The maximum atomic E-state index is 13.3. The van der Waals surface area contributed by atoms with Gasteiger partial charge in [0.1, 0.15) is 5.82 Å². The number of hydrogen-bond donors (Lipinski definition) is 1. The summed E-state index contributed by atoms with van der Waals surface area (Å²) in [4.78, 5) is 22.0. The molecule has 0 saturated carbocycles. The molecule has 0 radical (unpaired) electrons. The van der Waals surface area contributed by atoms with E-state index in [0.717, 1.165) is 23.2 Å². The van der Waals surface area contributed by atoms with E-state index in [1.54, 1.807) is 29.2 Å². The molecule has 0 bridgehead atoms. The molecule has 1 fully saturated rings. The molecule has 3 heterocycles. The third-order valence-corrected chi connectivity index (χ3v) is 5.13. The van der Waals surface area contributed by atoms with Crippen molar-refractivity contribution in [1.29, 1.82) is 0 Å². The fraction of sp³-hybridized carbons (Fsp3) is 0.364. The number of ether oxygens (including phenoxy) is 1. The predicted octanol–water partition coefficient (Wildman–Crippen LogP) is 3.42. The highest BCUT2D eigenvalue weighted by atomic mass is 19.1. The molecule has 1 aliphatic rings. The number of aryl methyl sites for hydroxylation is 1. The van der Waals surface area contributed by atoms with Crippen LogP contribution in [0.1, 0.15) is 47.8 Å². The second kappa shape index (κ2) is 8.31. The molecule has 1 atom stereocenters. The molecule has 156 valence electrons. The van der Waals surface area contributed by atoms with E-state index in [1.807, 2.05) is 20.8 Å². The van der Waals surface area contributed by atoms with E-state index in [1.165, 1.54) is 12.1 Å². The van der Waals surface area contributed by atoms with Crippen LogP contribution in [0.4, 0.5) is 4.39 Å². The molecular formula is C22H24FN5O2. The molecule has 1 amide bonds. The second-order valence-corrected chi connectivity index (χ2v) is 7.75. The molecule has 0 unspecified atom stereocenters. The van der Waals surface area contributed by atoms with Crippen molar-refractivity contribution in [2.24, 2.45) is 0 Å². The zero-order chi connectivity index (χ0) is 21.3. The first-order valence-corrected chi connectivity index (χ1v) is 10.0. The number of nitrogens with zero attached hydrogens (tertiary/aromatic N) is 4. The van der Waals surface area contributed by atoms with Gasteiger partial charge in [0.2, 0.25) is 0 Å². The number of carbonyl (C=O) groups is 1. The fourth-order valence-electron chi connectivity index (χ4n) is 3.59. The van der Waals surface area contributed by atoms with Crippen molar-refractivity contribution in [2.45, 2.75) is 39.2 Å². The lowest BCUT2D eigenvalue weighted by Gasteiger charge is -2.14. The van der Waals surface area contributed by atoms with Crippen LogP contribution in [-0.2, 0) is 4.74 Å². The summed E-state index contributed by atoms with van der Waals surface area (Å²) >= 11 is 0. The number of halogens is 1. The summed E-state index contributed by atoms with van der Waals surface area (Å²) in [5, 5.41) is 7.43. The fourth-order valence-corrected chi connectivity index (χ4v) is 3.59. The van der Waals surface area contributed by atoms with Crippen LogP contribution in [0.3, 0.4) is 0 Å². The zero-order valence-electron chi connectivity index (χ0n) is 17.2. The van der Waals surface area contributed by atoms with Gasteiger partial charge in [-0.25, -0.2) is 19.0 Å². The quantitative estimate of drug-likeness (QED) is 0.698. The Kier molecular flexibility index (Phi) is 5.59. The van der Waals surface area contributed by atoms with Crippen LogP contribution < -0.4 is 5.32 Å². The van der Waals surface area contributed by atoms with Gasteiger partial charge in [-0.05, 0) is 49.1 Å². The minimum Gasteiger partial charge on any atom is -0.379 e. The van der Waals surface area contributed by atoms with Gasteiger partial charge in [0.15, 0.2) is 0 Å². The molecule has 8 heteroatoms. The third kappa shape index (κ3) is 3.95. The van der Waals surface area contributed by atoms with Crippen LogP contribution in [0.25, 0.3) is 17.2 Å². The monoisotopic (exact) mass is 409 g/mol. The van der Waals surface area contributed by atoms with Crippen LogP contribution in [-0.4, -0.2) is 44.9 Å². The van der Waals surface area contributed by atoms with Crippen molar-refractivity contribution in [3.8, 4) is 17.2 Å². The van der Waals surface area contributed by atoms with E-state index < -0.39 is 0 Å². The van der Waals surface area contributed by atoms with Crippen LogP contribution in [0, 0.1) is 12.7 Å². The first-order chi connectivity index (χ1) is 14.4. The molecule has 1 N–H and O–H groups in total. The standard InChI is InChI=1S/C22H24FN5O2/c1-13(2)20-18(21(29)26-17-8-9-30-12-17)11-25-28(20)22-24-10-14(3)19(27-22)15-4-6-16(23)7-5-15/h4-7,10-11,13,17H,8-9,12H2,1-3H3,(H,26,29)/t17-/m0/s1. The summed E-state index contributed by atoms with van der Waals surface area (Å²) in [7, 11) is 0. The lowest BCUT2D eigenvalue weighted by Crippen LogP contribution is -2.35. The Morgan fingerprint density at radius 1 is 1.27 bits per heavy atom. The molecule has 1 saturated heterocycles. The van der Waals surface area contributed by atoms with E-state index in [-0.39, 0.29) is 23.7 Å². The second-order valence-electron chi connectivity index (χ2n) is 7.75. The maximum Gasteiger partial charge on any atom is 0.255 e. The minimum atomic E-state index is -0.303. The molecule has 4 rings (SSSR count). The molecule has 0 aliphatic carbocycles. The molecule has 7 nitrogen and oxygen atoms in total. The number of nitrogens with one attached hydrogen (secondary N) is 1. The Bertz CT molecular complexity index is 1060. The van der Waals surface area contributed by atoms with Gasteiger partial charge in [0, 0.05) is 18.4 Å². The summed E-state index contributed by atoms with van der Waals surface area (Å²) in [5.74, 6) is -0.0892. The normalized spacial score (nSPS) is 16.2.